The minimum absolute atomic E-state index is 0.149. The maximum absolute atomic E-state index is 4.59. The predicted molar refractivity (Wildman–Crippen MR) is 77.3 cm³/mol. The second-order valence-corrected chi connectivity index (χ2v) is 5.59. The van der Waals surface area contributed by atoms with Crippen LogP contribution in [-0.2, 0) is 5.41 Å². The lowest BCUT2D eigenvalue weighted by Gasteiger charge is -2.21. The highest BCUT2D eigenvalue weighted by Gasteiger charge is 2.27. The molecule has 1 N–H and O–H groups in total. The fourth-order valence-electron chi connectivity index (χ4n) is 1.76. The quantitative estimate of drug-likeness (QED) is 0.892. The van der Waals surface area contributed by atoms with Gasteiger partial charge in [0.2, 0.25) is 5.13 Å². The van der Waals surface area contributed by atoms with Crippen LogP contribution < -0.4 is 5.32 Å². The van der Waals surface area contributed by atoms with Crippen LogP contribution in [0.3, 0.4) is 0 Å². The standard InChI is InChI=1S/C14H19N3S/c1-4-10-15-13-16-12(17-18-13)14(2,3)11-8-6-5-7-9-11/h5-9H,4,10H2,1-3H3,(H,15,16,17). The number of benzene rings is 1. The average molecular weight is 261 g/mol. The van der Waals surface area contributed by atoms with E-state index in [0.717, 1.165) is 23.9 Å². The Morgan fingerprint density at radius 2 is 1.94 bits per heavy atom. The molecule has 2 rings (SSSR count). The molecule has 0 fully saturated rings. The number of hydrogen-bond donors (Lipinski definition) is 1. The zero-order chi connectivity index (χ0) is 13.0. The van der Waals surface area contributed by atoms with Crippen LogP contribution in [0.25, 0.3) is 0 Å². The van der Waals surface area contributed by atoms with E-state index in [2.05, 4.69) is 59.7 Å². The Bertz CT molecular complexity index is 491. The summed E-state index contributed by atoms with van der Waals surface area (Å²) in [6.45, 7) is 7.41. The molecule has 96 valence electrons. The van der Waals surface area contributed by atoms with E-state index in [4.69, 9.17) is 0 Å². The van der Waals surface area contributed by atoms with Crippen LogP contribution in [0.15, 0.2) is 30.3 Å². The first-order valence-electron chi connectivity index (χ1n) is 6.28. The van der Waals surface area contributed by atoms with Gasteiger partial charge in [0.15, 0.2) is 5.82 Å². The van der Waals surface area contributed by atoms with E-state index in [1.165, 1.54) is 17.1 Å². The zero-order valence-corrected chi connectivity index (χ0v) is 11.9. The van der Waals surface area contributed by atoms with Crippen molar-refractivity contribution >= 4 is 16.7 Å². The van der Waals surface area contributed by atoms with Crippen molar-refractivity contribution in [1.29, 1.82) is 0 Å². The van der Waals surface area contributed by atoms with Gasteiger partial charge < -0.3 is 5.32 Å². The van der Waals surface area contributed by atoms with Crippen LogP contribution in [0.2, 0.25) is 0 Å². The first-order valence-corrected chi connectivity index (χ1v) is 7.05. The lowest BCUT2D eigenvalue weighted by Crippen LogP contribution is -2.20. The van der Waals surface area contributed by atoms with Gasteiger partial charge in [-0.15, -0.1) is 0 Å². The second kappa shape index (κ2) is 5.48. The maximum Gasteiger partial charge on any atom is 0.202 e. The number of aromatic nitrogens is 2. The number of hydrogen-bond acceptors (Lipinski definition) is 4. The second-order valence-electron chi connectivity index (χ2n) is 4.84. The maximum atomic E-state index is 4.59. The summed E-state index contributed by atoms with van der Waals surface area (Å²) in [5.41, 5.74) is 1.09. The Labute approximate surface area is 112 Å². The van der Waals surface area contributed by atoms with Crippen molar-refractivity contribution in [1.82, 2.24) is 9.36 Å². The number of rotatable bonds is 5. The summed E-state index contributed by atoms with van der Waals surface area (Å²) < 4.78 is 4.49. The highest BCUT2D eigenvalue weighted by molar-refractivity contribution is 7.09. The summed E-state index contributed by atoms with van der Waals surface area (Å²) in [6, 6.07) is 10.4. The van der Waals surface area contributed by atoms with Gasteiger partial charge in [-0.05, 0) is 25.8 Å². The van der Waals surface area contributed by atoms with Gasteiger partial charge in [0.1, 0.15) is 0 Å². The van der Waals surface area contributed by atoms with E-state index < -0.39 is 0 Å². The largest absolute Gasteiger partial charge is 0.360 e. The summed E-state index contributed by atoms with van der Waals surface area (Å²) >= 11 is 1.44. The van der Waals surface area contributed by atoms with Gasteiger partial charge >= 0.3 is 0 Å². The lowest BCUT2D eigenvalue weighted by molar-refractivity contribution is 0.601. The van der Waals surface area contributed by atoms with Crippen LogP contribution in [0.4, 0.5) is 5.13 Å². The van der Waals surface area contributed by atoms with Crippen LogP contribution in [0.5, 0.6) is 0 Å². The van der Waals surface area contributed by atoms with Crippen LogP contribution in [0, 0.1) is 0 Å². The minimum Gasteiger partial charge on any atom is -0.360 e. The summed E-state index contributed by atoms with van der Waals surface area (Å²) in [7, 11) is 0. The lowest BCUT2D eigenvalue weighted by atomic mass is 9.84. The Morgan fingerprint density at radius 1 is 1.22 bits per heavy atom. The van der Waals surface area contributed by atoms with Gasteiger partial charge in [-0.1, -0.05) is 37.3 Å². The van der Waals surface area contributed by atoms with Crippen molar-refractivity contribution in [2.45, 2.75) is 32.6 Å². The highest BCUT2D eigenvalue weighted by Crippen LogP contribution is 2.30. The first-order chi connectivity index (χ1) is 8.64. The molecule has 0 unspecified atom stereocenters. The fourth-order valence-corrected chi connectivity index (χ4v) is 2.50. The van der Waals surface area contributed by atoms with E-state index >= 15 is 0 Å². The van der Waals surface area contributed by atoms with Crippen molar-refractivity contribution < 1.29 is 0 Å². The highest BCUT2D eigenvalue weighted by atomic mass is 32.1. The van der Waals surface area contributed by atoms with E-state index in [1.807, 2.05) is 6.07 Å². The Balaban J connectivity index is 2.22. The Hall–Kier alpha value is -1.42. The average Bonchev–Trinajstić information content (AvgIpc) is 2.87. The van der Waals surface area contributed by atoms with Crippen LogP contribution in [-0.4, -0.2) is 15.9 Å². The first kappa shape index (κ1) is 13.0. The molecule has 0 saturated heterocycles. The van der Waals surface area contributed by atoms with Gasteiger partial charge in [0.05, 0.1) is 5.41 Å². The van der Waals surface area contributed by atoms with Crippen molar-refractivity contribution in [2.24, 2.45) is 0 Å². The molecule has 0 radical (unpaired) electrons. The van der Waals surface area contributed by atoms with Gasteiger partial charge in [0.25, 0.3) is 0 Å². The van der Waals surface area contributed by atoms with Crippen molar-refractivity contribution in [2.75, 3.05) is 11.9 Å². The topological polar surface area (TPSA) is 37.8 Å². The summed E-state index contributed by atoms with van der Waals surface area (Å²) in [5.74, 6) is 0.886. The normalized spacial score (nSPS) is 11.5. The number of anilines is 1. The molecule has 0 bridgehead atoms. The van der Waals surface area contributed by atoms with E-state index in [9.17, 15) is 0 Å². The molecular formula is C14H19N3S. The molecule has 0 aliphatic rings. The molecule has 18 heavy (non-hydrogen) atoms. The molecule has 0 spiro atoms. The summed E-state index contributed by atoms with van der Waals surface area (Å²) in [4.78, 5) is 4.59. The van der Waals surface area contributed by atoms with Crippen LogP contribution >= 0.6 is 11.5 Å². The summed E-state index contributed by atoms with van der Waals surface area (Å²) in [5, 5.41) is 4.20. The molecular weight excluding hydrogens is 242 g/mol. The van der Waals surface area contributed by atoms with Gasteiger partial charge in [-0.3, -0.25) is 0 Å². The molecule has 1 aromatic heterocycles. The van der Waals surface area contributed by atoms with Crippen molar-refractivity contribution in [3.8, 4) is 0 Å². The minimum atomic E-state index is -0.149. The third-order valence-electron chi connectivity index (χ3n) is 3.01. The molecule has 2 aromatic rings. The van der Waals surface area contributed by atoms with Gasteiger partial charge in [-0.2, -0.15) is 4.37 Å². The number of nitrogens with one attached hydrogen (secondary N) is 1. The molecule has 0 amide bonds. The SMILES string of the molecule is CCCNc1nc(C(C)(C)c2ccccc2)ns1. The smallest absolute Gasteiger partial charge is 0.202 e. The molecule has 3 nitrogen and oxygen atoms in total. The Kier molecular flexibility index (Phi) is 3.97. The third kappa shape index (κ3) is 2.70. The van der Waals surface area contributed by atoms with Gasteiger partial charge in [-0.25, -0.2) is 4.98 Å². The molecule has 0 atom stereocenters. The molecule has 0 saturated carbocycles. The van der Waals surface area contributed by atoms with E-state index in [0.29, 0.717) is 0 Å². The van der Waals surface area contributed by atoms with Crippen LogP contribution in [0.1, 0.15) is 38.6 Å². The van der Waals surface area contributed by atoms with Crippen molar-refractivity contribution in [3.63, 3.8) is 0 Å². The Morgan fingerprint density at radius 3 is 2.61 bits per heavy atom. The monoisotopic (exact) mass is 261 g/mol. The van der Waals surface area contributed by atoms with E-state index in [-0.39, 0.29) is 5.41 Å². The zero-order valence-electron chi connectivity index (χ0n) is 11.1. The third-order valence-corrected chi connectivity index (χ3v) is 3.68. The summed E-state index contributed by atoms with van der Waals surface area (Å²) in [6.07, 6.45) is 1.09. The molecule has 4 heteroatoms. The predicted octanol–water partition coefficient (Wildman–Crippen LogP) is 3.69. The van der Waals surface area contributed by atoms with Crippen molar-refractivity contribution in [3.05, 3.63) is 41.7 Å². The molecule has 0 aliphatic carbocycles. The molecule has 1 aromatic carbocycles. The van der Waals surface area contributed by atoms with E-state index in [1.54, 1.807) is 0 Å². The molecule has 1 heterocycles. The number of nitrogens with zero attached hydrogens (tertiary/aromatic N) is 2. The fraction of sp³-hybridized carbons (Fsp3) is 0.429. The van der Waals surface area contributed by atoms with Gasteiger partial charge in [0, 0.05) is 18.1 Å². The molecule has 0 aliphatic heterocycles.